The van der Waals surface area contributed by atoms with Crippen molar-refractivity contribution in [2.24, 2.45) is 0 Å². The Bertz CT molecular complexity index is 536. The summed E-state index contributed by atoms with van der Waals surface area (Å²) in [6.45, 7) is 8.48. The van der Waals surface area contributed by atoms with Crippen LogP contribution >= 0.6 is 0 Å². The van der Waals surface area contributed by atoms with E-state index in [4.69, 9.17) is 10.00 Å². The SMILES string of the molecule is C[C@@H]1Cn2nc(C#N)cc2CN1C(=O)OC(C)(C)C. The van der Waals surface area contributed by atoms with Crippen molar-refractivity contribution in [2.45, 2.75) is 52.4 Å². The van der Waals surface area contributed by atoms with Crippen molar-refractivity contribution in [2.75, 3.05) is 0 Å². The average molecular weight is 262 g/mol. The molecule has 1 amide bonds. The fraction of sp³-hybridized carbons (Fsp3) is 0.615. The second kappa shape index (κ2) is 4.57. The zero-order valence-corrected chi connectivity index (χ0v) is 11.7. The number of rotatable bonds is 0. The van der Waals surface area contributed by atoms with Gasteiger partial charge in [-0.2, -0.15) is 10.4 Å². The fourth-order valence-electron chi connectivity index (χ4n) is 2.04. The molecule has 1 aromatic rings. The van der Waals surface area contributed by atoms with Crippen molar-refractivity contribution in [1.29, 1.82) is 5.26 Å². The summed E-state index contributed by atoms with van der Waals surface area (Å²) in [5.74, 6) is 0. The number of nitrogens with zero attached hydrogens (tertiary/aromatic N) is 4. The highest BCUT2D eigenvalue weighted by atomic mass is 16.6. The van der Waals surface area contributed by atoms with Gasteiger partial charge >= 0.3 is 6.09 Å². The minimum absolute atomic E-state index is 0.00575. The topological polar surface area (TPSA) is 71.2 Å². The lowest BCUT2D eigenvalue weighted by atomic mass is 10.2. The monoisotopic (exact) mass is 262 g/mol. The van der Waals surface area contributed by atoms with E-state index >= 15 is 0 Å². The third-order valence-corrected chi connectivity index (χ3v) is 2.91. The summed E-state index contributed by atoms with van der Waals surface area (Å²) < 4.78 is 7.17. The van der Waals surface area contributed by atoms with Crippen LogP contribution in [0.3, 0.4) is 0 Å². The van der Waals surface area contributed by atoms with E-state index in [9.17, 15) is 4.79 Å². The van der Waals surface area contributed by atoms with Crippen molar-refractivity contribution < 1.29 is 9.53 Å². The fourth-order valence-corrected chi connectivity index (χ4v) is 2.04. The van der Waals surface area contributed by atoms with Crippen LogP contribution < -0.4 is 0 Å². The predicted molar refractivity (Wildman–Crippen MR) is 68.2 cm³/mol. The van der Waals surface area contributed by atoms with Gasteiger partial charge in [-0.25, -0.2) is 4.79 Å². The van der Waals surface area contributed by atoms with Crippen molar-refractivity contribution in [3.63, 3.8) is 0 Å². The molecular formula is C13H18N4O2. The van der Waals surface area contributed by atoms with Crippen LogP contribution in [0.25, 0.3) is 0 Å². The molecule has 0 N–H and O–H groups in total. The molecule has 0 saturated heterocycles. The van der Waals surface area contributed by atoms with Crippen molar-refractivity contribution in [1.82, 2.24) is 14.7 Å². The van der Waals surface area contributed by atoms with E-state index in [0.29, 0.717) is 18.8 Å². The molecule has 0 spiro atoms. The molecule has 1 aromatic heterocycles. The number of carbonyl (C=O) groups excluding carboxylic acids is 1. The van der Waals surface area contributed by atoms with E-state index in [0.717, 1.165) is 5.69 Å². The lowest BCUT2D eigenvalue weighted by molar-refractivity contribution is 0.00907. The van der Waals surface area contributed by atoms with E-state index in [1.165, 1.54) is 0 Å². The first-order chi connectivity index (χ1) is 8.80. The molecule has 6 nitrogen and oxygen atoms in total. The van der Waals surface area contributed by atoms with Crippen LogP contribution in [0.15, 0.2) is 6.07 Å². The predicted octanol–water partition coefficient (Wildman–Crippen LogP) is 1.89. The van der Waals surface area contributed by atoms with E-state index in [2.05, 4.69) is 5.10 Å². The molecule has 19 heavy (non-hydrogen) atoms. The second-order valence-electron chi connectivity index (χ2n) is 5.77. The van der Waals surface area contributed by atoms with Gasteiger partial charge in [-0.05, 0) is 33.8 Å². The molecule has 1 aliphatic heterocycles. The molecule has 0 saturated carbocycles. The Kier molecular flexibility index (Phi) is 3.23. The molecule has 0 radical (unpaired) electrons. The van der Waals surface area contributed by atoms with Gasteiger partial charge in [0.2, 0.25) is 0 Å². The first-order valence-electron chi connectivity index (χ1n) is 6.26. The highest BCUT2D eigenvalue weighted by Crippen LogP contribution is 2.21. The zero-order valence-electron chi connectivity index (χ0n) is 11.7. The standard InChI is InChI=1S/C13H18N4O2/c1-9-7-17-11(5-10(6-14)15-17)8-16(9)12(18)19-13(2,3)4/h5,9H,7-8H2,1-4H3/t9-/m1/s1. The third kappa shape index (κ3) is 2.87. The van der Waals surface area contributed by atoms with Gasteiger partial charge in [0.25, 0.3) is 0 Å². The largest absolute Gasteiger partial charge is 0.444 e. The number of carbonyl (C=O) groups is 1. The third-order valence-electron chi connectivity index (χ3n) is 2.91. The molecule has 0 aromatic carbocycles. The summed E-state index contributed by atoms with van der Waals surface area (Å²) in [5.41, 5.74) is 0.737. The summed E-state index contributed by atoms with van der Waals surface area (Å²) in [6.07, 6.45) is -0.328. The summed E-state index contributed by atoms with van der Waals surface area (Å²) in [5, 5.41) is 13.0. The summed E-state index contributed by atoms with van der Waals surface area (Å²) in [7, 11) is 0. The normalized spacial score (nSPS) is 18.7. The minimum Gasteiger partial charge on any atom is -0.444 e. The molecule has 0 fully saturated rings. The van der Waals surface area contributed by atoms with Crippen LogP contribution in [-0.4, -0.2) is 32.4 Å². The highest BCUT2D eigenvalue weighted by Gasteiger charge is 2.31. The van der Waals surface area contributed by atoms with Gasteiger partial charge < -0.3 is 4.74 Å². The van der Waals surface area contributed by atoms with E-state index in [1.54, 1.807) is 15.6 Å². The first-order valence-corrected chi connectivity index (χ1v) is 6.26. The minimum atomic E-state index is -0.508. The summed E-state index contributed by atoms with van der Waals surface area (Å²) in [6, 6.07) is 3.72. The Labute approximate surface area is 112 Å². The first kappa shape index (κ1) is 13.4. The van der Waals surface area contributed by atoms with Crippen molar-refractivity contribution in [3.8, 4) is 6.07 Å². The average Bonchev–Trinajstić information content (AvgIpc) is 2.67. The van der Waals surface area contributed by atoms with E-state index in [1.807, 2.05) is 33.8 Å². The molecule has 1 aliphatic rings. The Hall–Kier alpha value is -2.03. The maximum Gasteiger partial charge on any atom is 0.410 e. The number of amides is 1. The lowest BCUT2D eigenvalue weighted by Gasteiger charge is -2.35. The van der Waals surface area contributed by atoms with E-state index < -0.39 is 5.60 Å². The molecule has 0 aliphatic carbocycles. The summed E-state index contributed by atoms with van der Waals surface area (Å²) in [4.78, 5) is 13.8. The van der Waals surface area contributed by atoms with Crippen LogP contribution in [0.1, 0.15) is 39.1 Å². The lowest BCUT2D eigenvalue weighted by Crippen LogP contribution is -2.46. The van der Waals surface area contributed by atoms with Gasteiger partial charge in [0.1, 0.15) is 11.7 Å². The van der Waals surface area contributed by atoms with Crippen LogP contribution in [0.4, 0.5) is 4.79 Å². The van der Waals surface area contributed by atoms with Gasteiger partial charge in [-0.3, -0.25) is 9.58 Å². The van der Waals surface area contributed by atoms with Crippen molar-refractivity contribution >= 4 is 6.09 Å². The Morgan fingerprint density at radius 2 is 2.26 bits per heavy atom. The van der Waals surface area contributed by atoms with Crippen LogP contribution in [-0.2, 0) is 17.8 Å². The Morgan fingerprint density at radius 3 is 2.84 bits per heavy atom. The van der Waals surface area contributed by atoms with Gasteiger partial charge in [0.05, 0.1) is 24.8 Å². The number of hydrogen-bond acceptors (Lipinski definition) is 4. The van der Waals surface area contributed by atoms with Gasteiger partial charge in [-0.1, -0.05) is 0 Å². The number of nitriles is 1. The number of fused-ring (bicyclic) bond motifs is 1. The quantitative estimate of drug-likeness (QED) is 0.716. The maximum absolute atomic E-state index is 12.1. The Balaban J connectivity index is 2.17. The molecule has 6 heteroatoms. The van der Waals surface area contributed by atoms with Gasteiger partial charge in [0.15, 0.2) is 5.69 Å². The maximum atomic E-state index is 12.1. The van der Waals surface area contributed by atoms with Crippen LogP contribution in [0, 0.1) is 11.3 Å². The Morgan fingerprint density at radius 1 is 1.58 bits per heavy atom. The summed E-state index contributed by atoms with van der Waals surface area (Å²) >= 11 is 0. The van der Waals surface area contributed by atoms with Gasteiger partial charge in [0, 0.05) is 0 Å². The van der Waals surface area contributed by atoms with Crippen LogP contribution in [0.5, 0.6) is 0 Å². The molecule has 0 bridgehead atoms. The van der Waals surface area contributed by atoms with Gasteiger partial charge in [-0.15, -0.1) is 0 Å². The zero-order chi connectivity index (χ0) is 14.2. The number of ether oxygens (including phenoxy) is 1. The molecule has 2 rings (SSSR count). The molecule has 2 heterocycles. The molecule has 0 unspecified atom stereocenters. The molecule has 1 atom stereocenters. The smallest absolute Gasteiger partial charge is 0.410 e. The van der Waals surface area contributed by atoms with Crippen LogP contribution in [0.2, 0.25) is 0 Å². The highest BCUT2D eigenvalue weighted by molar-refractivity contribution is 5.68. The van der Waals surface area contributed by atoms with E-state index in [-0.39, 0.29) is 12.1 Å². The second-order valence-corrected chi connectivity index (χ2v) is 5.77. The number of hydrogen-bond donors (Lipinski definition) is 0. The molecule has 102 valence electrons. The van der Waals surface area contributed by atoms with Crippen molar-refractivity contribution in [3.05, 3.63) is 17.5 Å². The number of aromatic nitrogens is 2. The molecular weight excluding hydrogens is 244 g/mol.